The molecule has 2 aromatic rings. The molecule has 8 unspecified atom stereocenters. The standard InChI is InChI=1S/C51H80N6O9/c1-13-35(6)46(56(10)51(64)44(33(2)3)53-49(62)45(34(4)5)54(8)28-21-27-43(59)60)41(65-11)31-42(58)57-29-20-26-40(57)47(66-12)36(7)48(61)52-39(30-37-22-16-14-17-23-37)50(63)55(9)32-38-24-18-15-19-25-38/h14-19,22-25,33-36,39-41,44-47H,13,20-21,26-32H2,1-12H3,(H,52,61)(H,53,62)(H,59,60)/t35?,36?,39?,40-,41?,44?,45?,46?,47?/m0/s1. The van der Waals surface area contributed by atoms with Crippen LogP contribution in [0.3, 0.4) is 0 Å². The van der Waals surface area contributed by atoms with E-state index in [4.69, 9.17) is 14.6 Å². The lowest BCUT2D eigenvalue weighted by molar-refractivity contribution is -0.148. The average molecular weight is 921 g/mol. The zero-order valence-electron chi connectivity index (χ0n) is 41.7. The third-order valence-electron chi connectivity index (χ3n) is 13.3. The third kappa shape index (κ3) is 15.6. The van der Waals surface area contributed by atoms with Crippen LogP contribution in [0.1, 0.15) is 98.1 Å². The lowest BCUT2D eigenvalue weighted by atomic mass is 9.89. The number of carbonyl (C=O) groups excluding carboxylic acids is 5. The molecule has 0 radical (unpaired) electrons. The van der Waals surface area contributed by atoms with Crippen LogP contribution in [0.5, 0.6) is 0 Å². The molecule has 1 saturated heterocycles. The van der Waals surface area contributed by atoms with Crippen LogP contribution < -0.4 is 10.6 Å². The number of carbonyl (C=O) groups is 6. The van der Waals surface area contributed by atoms with Gasteiger partial charge >= 0.3 is 5.97 Å². The van der Waals surface area contributed by atoms with Crippen molar-refractivity contribution in [2.24, 2.45) is 23.7 Å². The first-order valence-corrected chi connectivity index (χ1v) is 23.7. The van der Waals surface area contributed by atoms with Crippen molar-refractivity contribution in [1.29, 1.82) is 0 Å². The maximum atomic E-state index is 14.5. The van der Waals surface area contributed by atoms with Crippen molar-refractivity contribution in [3.8, 4) is 0 Å². The molecule has 66 heavy (non-hydrogen) atoms. The van der Waals surface area contributed by atoms with E-state index < -0.39 is 54.3 Å². The van der Waals surface area contributed by atoms with Gasteiger partial charge in [-0.3, -0.25) is 33.7 Å². The topological polar surface area (TPSA) is 178 Å². The molecule has 1 heterocycles. The minimum absolute atomic E-state index is 0.00991. The molecule has 0 aromatic heterocycles. The van der Waals surface area contributed by atoms with Gasteiger partial charge in [0.25, 0.3) is 0 Å². The van der Waals surface area contributed by atoms with Crippen molar-refractivity contribution in [1.82, 2.24) is 30.2 Å². The molecule has 0 bridgehead atoms. The highest BCUT2D eigenvalue weighted by Gasteiger charge is 2.44. The Morgan fingerprint density at radius 2 is 1.41 bits per heavy atom. The fraction of sp³-hybridized carbons (Fsp3) is 0.647. The van der Waals surface area contributed by atoms with Gasteiger partial charge < -0.3 is 39.9 Å². The number of amides is 5. The van der Waals surface area contributed by atoms with Crippen molar-refractivity contribution in [2.45, 2.75) is 142 Å². The number of nitrogens with one attached hydrogen (secondary N) is 2. The van der Waals surface area contributed by atoms with Gasteiger partial charge in [0.1, 0.15) is 12.1 Å². The summed E-state index contributed by atoms with van der Waals surface area (Å²) < 4.78 is 12.1. The van der Waals surface area contributed by atoms with Gasteiger partial charge in [-0.05, 0) is 61.7 Å². The second kappa shape index (κ2) is 27.1. The number of carboxylic acids is 1. The molecule has 0 saturated carbocycles. The van der Waals surface area contributed by atoms with Crippen molar-refractivity contribution < 1.29 is 43.3 Å². The van der Waals surface area contributed by atoms with Gasteiger partial charge in [-0.15, -0.1) is 0 Å². The van der Waals surface area contributed by atoms with E-state index in [2.05, 4.69) is 10.6 Å². The molecule has 5 amide bonds. The molecule has 1 fully saturated rings. The second-order valence-corrected chi connectivity index (χ2v) is 18.9. The Kier molecular flexibility index (Phi) is 22.8. The summed E-state index contributed by atoms with van der Waals surface area (Å²) in [6.07, 6.45) is 1.26. The fourth-order valence-electron chi connectivity index (χ4n) is 9.46. The number of likely N-dealkylation sites (tertiary alicyclic amines) is 1. The maximum absolute atomic E-state index is 14.5. The lowest BCUT2D eigenvalue weighted by Crippen LogP contribution is -2.60. The second-order valence-electron chi connectivity index (χ2n) is 18.9. The Labute approximate surface area is 394 Å². The van der Waals surface area contributed by atoms with Crippen LogP contribution in [-0.4, -0.2) is 151 Å². The number of hydrogen-bond acceptors (Lipinski definition) is 9. The minimum atomic E-state index is -0.898. The normalized spacial score (nSPS) is 17.6. The summed E-state index contributed by atoms with van der Waals surface area (Å²) in [5.41, 5.74) is 1.87. The van der Waals surface area contributed by atoms with E-state index in [0.29, 0.717) is 51.7 Å². The molecule has 1 aliphatic heterocycles. The van der Waals surface area contributed by atoms with E-state index in [1.165, 1.54) is 14.2 Å². The molecule has 15 nitrogen and oxygen atoms in total. The molecule has 9 atom stereocenters. The van der Waals surface area contributed by atoms with Crippen LogP contribution in [0.25, 0.3) is 0 Å². The van der Waals surface area contributed by atoms with E-state index in [1.54, 1.807) is 42.8 Å². The highest BCUT2D eigenvalue weighted by Crippen LogP contribution is 2.30. The van der Waals surface area contributed by atoms with Crippen molar-refractivity contribution in [2.75, 3.05) is 48.5 Å². The minimum Gasteiger partial charge on any atom is -0.481 e. The quantitative estimate of drug-likeness (QED) is 0.107. The van der Waals surface area contributed by atoms with Crippen LogP contribution in [-0.2, 0) is 51.2 Å². The van der Waals surface area contributed by atoms with E-state index >= 15 is 0 Å². The summed E-state index contributed by atoms with van der Waals surface area (Å²) in [5, 5.41) is 15.2. The van der Waals surface area contributed by atoms with Gasteiger partial charge in [0.05, 0.1) is 42.7 Å². The first-order valence-electron chi connectivity index (χ1n) is 23.7. The van der Waals surface area contributed by atoms with E-state index in [1.807, 2.05) is 107 Å². The van der Waals surface area contributed by atoms with Crippen LogP contribution >= 0.6 is 0 Å². The Bertz CT molecular complexity index is 1850. The predicted molar refractivity (Wildman–Crippen MR) is 256 cm³/mol. The Morgan fingerprint density at radius 3 is 1.94 bits per heavy atom. The Hall–Kier alpha value is -4.86. The zero-order chi connectivity index (χ0) is 49.2. The van der Waals surface area contributed by atoms with Crippen molar-refractivity contribution in [3.05, 3.63) is 71.8 Å². The highest BCUT2D eigenvalue weighted by atomic mass is 16.5. The fourth-order valence-corrected chi connectivity index (χ4v) is 9.46. The van der Waals surface area contributed by atoms with E-state index in [9.17, 15) is 28.8 Å². The third-order valence-corrected chi connectivity index (χ3v) is 13.3. The van der Waals surface area contributed by atoms with Crippen LogP contribution in [0.2, 0.25) is 0 Å². The van der Waals surface area contributed by atoms with Gasteiger partial charge in [-0.2, -0.15) is 0 Å². The molecular weight excluding hydrogens is 841 g/mol. The summed E-state index contributed by atoms with van der Waals surface area (Å²) in [7, 11) is 8.30. The maximum Gasteiger partial charge on any atom is 0.303 e. The number of hydrogen-bond donors (Lipinski definition) is 3. The smallest absolute Gasteiger partial charge is 0.303 e. The molecule has 15 heteroatoms. The van der Waals surface area contributed by atoms with Gasteiger partial charge in [-0.25, -0.2) is 0 Å². The Morgan fingerprint density at radius 1 is 0.803 bits per heavy atom. The lowest BCUT2D eigenvalue weighted by Gasteiger charge is -2.41. The van der Waals surface area contributed by atoms with Gasteiger partial charge in [0.2, 0.25) is 29.5 Å². The van der Waals surface area contributed by atoms with Gasteiger partial charge in [-0.1, -0.05) is 116 Å². The first-order chi connectivity index (χ1) is 31.3. The van der Waals surface area contributed by atoms with Gasteiger partial charge in [0.15, 0.2) is 0 Å². The number of rotatable bonds is 27. The molecule has 0 aliphatic carbocycles. The number of aliphatic carboxylic acids is 1. The molecule has 3 N–H and O–H groups in total. The monoisotopic (exact) mass is 921 g/mol. The summed E-state index contributed by atoms with van der Waals surface area (Å²) in [4.78, 5) is 89.1. The number of benzene rings is 2. The zero-order valence-corrected chi connectivity index (χ0v) is 41.7. The van der Waals surface area contributed by atoms with Crippen molar-refractivity contribution in [3.63, 3.8) is 0 Å². The Balaban J connectivity index is 1.80. The number of methoxy groups -OCH3 is 2. The summed E-state index contributed by atoms with van der Waals surface area (Å²) in [6.45, 7) is 14.6. The van der Waals surface area contributed by atoms with E-state index in [-0.39, 0.29) is 60.1 Å². The summed E-state index contributed by atoms with van der Waals surface area (Å²) in [5.74, 6) is -3.48. The van der Waals surface area contributed by atoms with Crippen molar-refractivity contribution >= 4 is 35.5 Å². The van der Waals surface area contributed by atoms with Crippen LogP contribution in [0, 0.1) is 23.7 Å². The van der Waals surface area contributed by atoms with E-state index in [0.717, 1.165) is 11.1 Å². The molecule has 1 aliphatic rings. The number of nitrogens with zero attached hydrogens (tertiary/aromatic N) is 4. The average Bonchev–Trinajstić information content (AvgIpc) is 3.77. The molecular formula is C51H80N6O9. The number of likely N-dealkylation sites (N-methyl/N-ethyl adjacent to an activating group) is 3. The summed E-state index contributed by atoms with van der Waals surface area (Å²) in [6, 6.07) is 16.0. The molecule has 368 valence electrons. The first kappa shape index (κ1) is 55.5. The summed E-state index contributed by atoms with van der Waals surface area (Å²) >= 11 is 0. The SMILES string of the molecule is CCC(C)C(C(CC(=O)N1CCC[C@H]1C(OC)C(C)C(=O)NC(Cc1ccccc1)C(=O)N(C)Cc1ccccc1)OC)N(C)C(=O)C(NC(=O)C(C(C)C)N(C)CCCC(=O)O)C(C)C. The van der Waals surface area contributed by atoms with Crippen LogP contribution in [0.4, 0.5) is 0 Å². The molecule has 0 spiro atoms. The highest BCUT2D eigenvalue weighted by molar-refractivity contribution is 5.91. The predicted octanol–water partition coefficient (Wildman–Crippen LogP) is 5.25. The number of ether oxygens (including phenoxy) is 2. The largest absolute Gasteiger partial charge is 0.481 e. The molecule has 2 aromatic carbocycles. The molecule has 3 rings (SSSR count). The number of carboxylic acid groups (broad SMARTS) is 1. The van der Waals surface area contributed by atoms with Crippen LogP contribution in [0.15, 0.2) is 60.7 Å². The van der Waals surface area contributed by atoms with Gasteiger partial charge in [0, 0.05) is 54.2 Å².